The van der Waals surface area contributed by atoms with Crippen molar-refractivity contribution in [2.45, 2.75) is 31.3 Å². The van der Waals surface area contributed by atoms with Gasteiger partial charge in [-0.1, -0.05) is 36.7 Å². The molecule has 0 aliphatic rings. The van der Waals surface area contributed by atoms with E-state index in [2.05, 4.69) is 22.2 Å². The van der Waals surface area contributed by atoms with Crippen LogP contribution in [0.3, 0.4) is 0 Å². The van der Waals surface area contributed by atoms with Crippen LogP contribution >= 0.6 is 23.4 Å². The number of rotatable bonds is 8. The van der Waals surface area contributed by atoms with Gasteiger partial charge in [0.05, 0.1) is 0 Å². The predicted molar refractivity (Wildman–Crippen MR) is 77.4 cm³/mol. The van der Waals surface area contributed by atoms with Crippen LogP contribution in [-0.4, -0.2) is 34.5 Å². The summed E-state index contributed by atoms with van der Waals surface area (Å²) in [4.78, 5) is 8.43. The van der Waals surface area contributed by atoms with Crippen LogP contribution in [0.4, 0.5) is 5.82 Å². The number of halogens is 1. The van der Waals surface area contributed by atoms with Gasteiger partial charge in [0.25, 0.3) is 0 Å². The molecule has 0 saturated heterocycles. The fourth-order valence-electron chi connectivity index (χ4n) is 1.77. The zero-order valence-corrected chi connectivity index (χ0v) is 12.4. The van der Waals surface area contributed by atoms with Crippen LogP contribution in [0.2, 0.25) is 5.15 Å². The second-order valence-corrected chi connectivity index (χ2v) is 5.27. The first-order valence-electron chi connectivity index (χ1n) is 6.12. The Morgan fingerprint density at radius 3 is 2.83 bits per heavy atom. The first-order valence-corrected chi connectivity index (χ1v) is 7.73. The number of nitrogens with zero attached hydrogens (tertiary/aromatic N) is 2. The third-order valence-corrected chi connectivity index (χ3v) is 3.40. The topological polar surface area (TPSA) is 58.0 Å². The number of aliphatic hydroxyl groups is 1. The molecule has 0 bridgehead atoms. The van der Waals surface area contributed by atoms with Gasteiger partial charge in [-0.15, -0.1) is 0 Å². The predicted octanol–water partition coefficient (Wildman–Crippen LogP) is 3.06. The Morgan fingerprint density at radius 1 is 1.44 bits per heavy atom. The van der Waals surface area contributed by atoms with Crippen molar-refractivity contribution < 1.29 is 5.11 Å². The molecule has 0 saturated carbocycles. The smallest absolute Gasteiger partial charge is 0.190 e. The first-order chi connectivity index (χ1) is 8.69. The summed E-state index contributed by atoms with van der Waals surface area (Å²) in [5.41, 5.74) is 0. The quantitative estimate of drug-likeness (QED) is 0.438. The van der Waals surface area contributed by atoms with E-state index in [1.807, 2.05) is 6.26 Å². The van der Waals surface area contributed by atoms with Gasteiger partial charge in [0.1, 0.15) is 11.0 Å². The maximum absolute atomic E-state index is 9.01. The Balaban J connectivity index is 2.57. The van der Waals surface area contributed by atoms with E-state index < -0.39 is 0 Å². The number of thioether (sulfide) groups is 1. The van der Waals surface area contributed by atoms with Crippen LogP contribution < -0.4 is 5.32 Å². The molecule has 4 nitrogen and oxygen atoms in total. The van der Waals surface area contributed by atoms with Gasteiger partial charge >= 0.3 is 0 Å². The van der Waals surface area contributed by atoms with Crippen molar-refractivity contribution in [3.63, 3.8) is 0 Å². The van der Waals surface area contributed by atoms with Gasteiger partial charge in [0, 0.05) is 19.2 Å². The van der Waals surface area contributed by atoms with E-state index >= 15 is 0 Å². The molecule has 0 fully saturated rings. The molecule has 1 unspecified atom stereocenters. The van der Waals surface area contributed by atoms with Crippen LogP contribution in [-0.2, 0) is 0 Å². The summed E-state index contributed by atoms with van der Waals surface area (Å²) >= 11 is 7.39. The molecular weight excluding hydrogens is 270 g/mol. The highest BCUT2D eigenvalue weighted by atomic mass is 35.5. The number of nitrogens with one attached hydrogen (secondary N) is 1. The third kappa shape index (κ3) is 5.42. The fraction of sp³-hybridized carbons (Fsp3) is 0.667. The highest BCUT2D eigenvalue weighted by Crippen LogP contribution is 2.18. The van der Waals surface area contributed by atoms with E-state index in [0.29, 0.717) is 16.2 Å². The molecule has 2 N–H and O–H groups in total. The van der Waals surface area contributed by atoms with Crippen LogP contribution in [0.1, 0.15) is 26.2 Å². The van der Waals surface area contributed by atoms with Crippen molar-refractivity contribution >= 4 is 29.2 Å². The van der Waals surface area contributed by atoms with Crippen LogP contribution in [0, 0.1) is 5.92 Å². The minimum absolute atomic E-state index is 0.229. The molecule has 1 atom stereocenters. The minimum Gasteiger partial charge on any atom is -0.396 e. The number of aliphatic hydroxyl groups excluding tert-OH is 1. The largest absolute Gasteiger partial charge is 0.396 e. The molecule has 0 aliphatic heterocycles. The SMILES string of the molecule is CCCC(CCO)CNc1cc(Cl)nc(SC)n1. The average Bonchev–Trinajstić information content (AvgIpc) is 2.36. The van der Waals surface area contributed by atoms with Gasteiger partial charge in [0.2, 0.25) is 0 Å². The summed E-state index contributed by atoms with van der Waals surface area (Å²) in [5.74, 6) is 1.21. The molecule has 1 aromatic rings. The number of anilines is 1. The van der Waals surface area contributed by atoms with Crippen molar-refractivity contribution in [1.82, 2.24) is 9.97 Å². The van der Waals surface area contributed by atoms with Crippen molar-refractivity contribution in [2.24, 2.45) is 5.92 Å². The van der Waals surface area contributed by atoms with Crippen LogP contribution in [0.25, 0.3) is 0 Å². The molecule has 0 aliphatic carbocycles. The lowest BCUT2D eigenvalue weighted by Gasteiger charge is -2.16. The Kier molecular flexibility index (Phi) is 7.39. The van der Waals surface area contributed by atoms with E-state index in [4.69, 9.17) is 16.7 Å². The van der Waals surface area contributed by atoms with Crippen molar-refractivity contribution in [2.75, 3.05) is 24.7 Å². The molecule has 102 valence electrons. The van der Waals surface area contributed by atoms with Crippen molar-refractivity contribution in [1.29, 1.82) is 0 Å². The van der Waals surface area contributed by atoms with E-state index in [1.54, 1.807) is 6.07 Å². The van der Waals surface area contributed by atoms with Crippen LogP contribution in [0.5, 0.6) is 0 Å². The number of hydrogen-bond donors (Lipinski definition) is 2. The third-order valence-electron chi connectivity index (χ3n) is 2.66. The molecule has 0 amide bonds. The fourth-order valence-corrected chi connectivity index (χ4v) is 2.38. The number of hydrogen-bond acceptors (Lipinski definition) is 5. The summed E-state index contributed by atoms with van der Waals surface area (Å²) in [6, 6.07) is 1.73. The van der Waals surface area contributed by atoms with E-state index in [9.17, 15) is 0 Å². The molecule has 1 heterocycles. The second kappa shape index (κ2) is 8.56. The minimum atomic E-state index is 0.229. The van der Waals surface area contributed by atoms with Crippen molar-refractivity contribution in [3.8, 4) is 0 Å². The zero-order chi connectivity index (χ0) is 13.4. The normalized spacial score (nSPS) is 12.4. The Bertz CT molecular complexity index is 359. The van der Waals surface area contributed by atoms with Gasteiger partial charge in [0.15, 0.2) is 5.16 Å². The van der Waals surface area contributed by atoms with Gasteiger partial charge in [-0.05, 0) is 25.0 Å². The average molecular weight is 290 g/mol. The van der Waals surface area contributed by atoms with Crippen LogP contribution in [0.15, 0.2) is 11.2 Å². The molecule has 0 aromatic carbocycles. The molecule has 0 spiro atoms. The molecular formula is C12H20ClN3OS. The summed E-state index contributed by atoms with van der Waals surface area (Å²) < 4.78 is 0. The van der Waals surface area contributed by atoms with E-state index in [0.717, 1.165) is 31.6 Å². The van der Waals surface area contributed by atoms with E-state index in [1.165, 1.54) is 11.8 Å². The summed E-state index contributed by atoms with van der Waals surface area (Å²) in [6.45, 7) is 3.18. The summed E-state index contributed by atoms with van der Waals surface area (Å²) in [5, 5.41) is 13.4. The lowest BCUT2D eigenvalue weighted by Crippen LogP contribution is -2.16. The zero-order valence-electron chi connectivity index (χ0n) is 10.8. The monoisotopic (exact) mass is 289 g/mol. The van der Waals surface area contributed by atoms with Gasteiger partial charge in [-0.25, -0.2) is 9.97 Å². The number of aromatic nitrogens is 2. The highest BCUT2D eigenvalue weighted by molar-refractivity contribution is 7.98. The Morgan fingerprint density at radius 2 is 2.22 bits per heavy atom. The first kappa shape index (κ1) is 15.5. The van der Waals surface area contributed by atoms with Crippen molar-refractivity contribution in [3.05, 3.63) is 11.2 Å². The summed E-state index contributed by atoms with van der Waals surface area (Å²) in [6.07, 6.45) is 4.95. The Labute approximate surface area is 118 Å². The molecule has 6 heteroatoms. The summed E-state index contributed by atoms with van der Waals surface area (Å²) in [7, 11) is 0. The standard InChI is InChI=1S/C12H20ClN3OS/c1-3-4-9(5-6-17)8-14-11-7-10(13)15-12(16-11)18-2/h7,9,17H,3-6,8H2,1-2H3,(H,14,15,16). The lowest BCUT2D eigenvalue weighted by atomic mass is 10.0. The molecule has 18 heavy (non-hydrogen) atoms. The molecule has 1 rings (SSSR count). The van der Waals surface area contributed by atoms with Gasteiger partial charge in [-0.2, -0.15) is 0 Å². The lowest BCUT2D eigenvalue weighted by molar-refractivity contribution is 0.255. The highest BCUT2D eigenvalue weighted by Gasteiger charge is 2.08. The maximum atomic E-state index is 9.01. The molecule has 0 radical (unpaired) electrons. The molecule has 1 aromatic heterocycles. The second-order valence-electron chi connectivity index (χ2n) is 4.11. The van der Waals surface area contributed by atoms with Gasteiger partial charge < -0.3 is 10.4 Å². The maximum Gasteiger partial charge on any atom is 0.190 e. The van der Waals surface area contributed by atoms with E-state index in [-0.39, 0.29) is 6.61 Å². The Hall–Kier alpha value is -0.520. The van der Waals surface area contributed by atoms with Gasteiger partial charge in [-0.3, -0.25) is 0 Å².